The van der Waals surface area contributed by atoms with Gasteiger partial charge in [-0.15, -0.1) is 0 Å². The molecule has 1 aromatic rings. The number of nitrogens with zero attached hydrogens (tertiary/aromatic N) is 1. The van der Waals surface area contributed by atoms with Gasteiger partial charge in [0.15, 0.2) is 5.78 Å². The molecule has 4 nitrogen and oxygen atoms in total. The molecule has 1 amide bonds. The summed E-state index contributed by atoms with van der Waals surface area (Å²) in [7, 11) is 0. The molecule has 0 bridgehead atoms. The Morgan fingerprint density at radius 3 is 2.55 bits per heavy atom. The van der Waals surface area contributed by atoms with Crippen LogP contribution < -0.4 is 5.73 Å². The highest BCUT2D eigenvalue weighted by molar-refractivity contribution is 5.98. The van der Waals surface area contributed by atoms with Gasteiger partial charge in [-0.2, -0.15) is 0 Å². The van der Waals surface area contributed by atoms with Gasteiger partial charge in [0.1, 0.15) is 11.6 Å². The highest BCUT2D eigenvalue weighted by atomic mass is 19.1. The van der Waals surface area contributed by atoms with Crippen LogP contribution in [0.4, 0.5) is 8.78 Å². The van der Waals surface area contributed by atoms with E-state index in [0.29, 0.717) is 32.4 Å². The van der Waals surface area contributed by atoms with E-state index >= 15 is 0 Å². The predicted octanol–water partition coefficient (Wildman–Crippen LogP) is 2.12. The molecule has 0 aliphatic carbocycles. The summed E-state index contributed by atoms with van der Waals surface area (Å²) in [5.41, 5.74) is 5.51. The van der Waals surface area contributed by atoms with E-state index in [2.05, 4.69) is 0 Å². The molecule has 6 heteroatoms. The SMILES string of the molecule is CC[C@H](N)C(=O)N1CCC(C(=O)c2cc(F)ccc2F)CC1. The fourth-order valence-corrected chi connectivity index (χ4v) is 2.68. The van der Waals surface area contributed by atoms with Gasteiger partial charge in [-0.1, -0.05) is 6.92 Å². The minimum Gasteiger partial charge on any atom is -0.341 e. The van der Waals surface area contributed by atoms with Gasteiger partial charge < -0.3 is 10.6 Å². The van der Waals surface area contributed by atoms with Crippen LogP contribution in [0.1, 0.15) is 36.5 Å². The predicted molar refractivity (Wildman–Crippen MR) is 78.3 cm³/mol. The second-order valence-electron chi connectivity index (χ2n) is 5.60. The molecule has 22 heavy (non-hydrogen) atoms. The highest BCUT2D eigenvalue weighted by Crippen LogP contribution is 2.24. The third-order valence-corrected chi connectivity index (χ3v) is 4.13. The van der Waals surface area contributed by atoms with E-state index < -0.39 is 29.4 Å². The first-order valence-corrected chi connectivity index (χ1v) is 7.47. The zero-order chi connectivity index (χ0) is 16.3. The minimum absolute atomic E-state index is 0.120. The van der Waals surface area contributed by atoms with Gasteiger partial charge in [0.25, 0.3) is 0 Å². The van der Waals surface area contributed by atoms with Crippen molar-refractivity contribution in [2.75, 3.05) is 13.1 Å². The molecule has 1 aliphatic heterocycles. The molecule has 1 saturated heterocycles. The topological polar surface area (TPSA) is 63.4 Å². The molecule has 1 aromatic carbocycles. The van der Waals surface area contributed by atoms with Crippen LogP contribution in [0.5, 0.6) is 0 Å². The lowest BCUT2D eigenvalue weighted by Crippen LogP contribution is -2.47. The van der Waals surface area contributed by atoms with Gasteiger partial charge in [-0.05, 0) is 37.5 Å². The van der Waals surface area contributed by atoms with Crippen molar-refractivity contribution in [2.45, 2.75) is 32.2 Å². The Morgan fingerprint density at radius 2 is 1.95 bits per heavy atom. The Hall–Kier alpha value is -1.82. The number of carbonyl (C=O) groups excluding carboxylic acids is 2. The highest BCUT2D eigenvalue weighted by Gasteiger charge is 2.30. The average molecular weight is 310 g/mol. The fourth-order valence-electron chi connectivity index (χ4n) is 2.68. The van der Waals surface area contributed by atoms with Crippen molar-refractivity contribution in [1.82, 2.24) is 4.90 Å². The number of nitrogens with two attached hydrogens (primary N) is 1. The Kier molecular flexibility index (Phi) is 5.24. The van der Waals surface area contributed by atoms with Crippen molar-refractivity contribution in [2.24, 2.45) is 11.7 Å². The van der Waals surface area contributed by atoms with Crippen molar-refractivity contribution < 1.29 is 18.4 Å². The van der Waals surface area contributed by atoms with Crippen molar-refractivity contribution in [3.8, 4) is 0 Å². The molecular formula is C16H20F2N2O2. The number of hydrogen-bond donors (Lipinski definition) is 1. The summed E-state index contributed by atoms with van der Waals surface area (Å²) in [5.74, 6) is -2.25. The van der Waals surface area contributed by atoms with Crippen LogP contribution in [-0.2, 0) is 4.79 Å². The normalized spacial score (nSPS) is 17.4. The molecule has 2 rings (SSSR count). The number of carbonyl (C=O) groups is 2. The lowest BCUT2D eigenvalue weighted by molar-refractivity contribution is -0.133. The molecule has 1 fully saturated rings. The van der Waals surface area contributed by atoms with Gasteiger partial charge in [0.2, 0.25) is 5.91 Å². The molecule has 1 atom stereocenters. The van der Waals surface area contributed by atoms with Crippen LogP contribution in [0.2, 0.25) is 0 Å². The van der Waals surface area contributed by atoms with Crippen LogP contribution in [0.15, 0.2) is 18.2 Å². The van der Waals surface area contributed by atoms with Crippen molar-refractivity contribution in [3.63, 3.8) is 0 Å². The molecule has 1 aliphatic rings. The number of Topliss-reactive ketones (excluding diaryl/α,β-unsaturated/α-hetero) is 1. The maximum atomic E-state index is 13.7. The van der Waals surface area contributed by atoms with E-state index in [-0.39, 0.29) is 11.5 Å². The first-order valence-electron chi connectivity index (χ1n) is 7.47. The van der Waals surface area contributed by atoms with E-state index in [0.717, 1.165) is 18.2 Å². The third kappa shape index (κ3) is 3.50. The summed E-state index contributed by atoms with van der Waals surface area (Å²) in [6, 6.07) is 2.36. The summed E-state index contributed by atoms with van der Waals surface area (Å²) < 4.78 is 26.8. The average Bonchev–Trinajstić information content (AvgIpc) is 2.55. The number of hydrogen-bond acceptors (Lipinski definition) is 3. The summed E-state index contributed by atoms with van der Waals surface area (Å²) in [6.45, 7) is 2.67. The number of likely N-dealkylation sites (tertiary alicyclic amines) is 1. The Morgan fingerprint density at radius 1 is 1.32 bits per heavy atom. The van der Waals surface area contributed by atoms with Gasteiger partial charge in [-0.3, -0.25) is 9.59 Å². The van der Waals surface area contributed by atoms with Crippen LogP contribution >= 0.6 is 0 Å². The first-order chi connectivity index (χ1) is 10.4. The largest absolute Gasteiger partial charge is 0.341 e. The molecule has 1 heterocycles. The second kappa shape index (κ2) is 6.96. The summed E-state index contributed by atoms with van der Waals surface area (Å²) in [6.07, 6.45) is 1.44. The maximum Gasteiger partial charge on any atom is 0.239 e. The number of benzene rings is 1. The molecule has 2 N–H and O–H groups in total. The summed E-state index contributed by atoms with van der Waals surface area (Å²) in [5, 5.41) is 0. The van der Waals surface area contributed by atoms with E-state index in [1.54, 1.807) is 4.90 Å². The first kappa shape index (κ1) is 16.5. The zero-order valence-corrected chi connectivity index (χ0v) is 12.5. The molecule has 0 radical (unpaired) electrons. The summed E-state index contributed by atoms with van der Waals surface area (Å²) in [4.78, 5) is 25.9. The van der Waals surface area contributed by atoms with Gasteiger partial charge in [0, 0.05) is 19.0 Å². The standard InChI is InChI=1S/C16H20F2N2O2/c1-2-14(19)16(22)20-7-5-10(6-8-20)15(21)12-9-11(17)3-4-13(12)18/h3-4,9-10,14H,2,5-8,19H2,1H3/t14-/m0/s1. The Bertz CT molecular complexity index is 569. The Labute approximate surface area is 128 Å². The molecule has 0 spiro atoms. The van der Waals surface area contributed by atoms with Crippen molar-refractivity contribution in [3.05, 3.63) is 35.4 Å². The van der Waals surface area contributed by atoms with Gasteiger partial charge in [0.05, 0.1) is 11.6 Å². The number of amides is 1. The van der Waals surface area contributed by atoms with E-state index in [1.807, 2.05) is 6.92 Å². The minimum atomic E-state index is -0.710. The van der Waals surface area contributed by atoms with E-state index in [4.69, 9.17) is 5.73 Å². The van der Waals surface area contributed by atoms with Crippen molar-refractivity contribution in [1.29, 1.82) is 0 Å². The second-order valence-corrected chi connectivity index (χ2v) is 5.60. The number of rotatable bonds is 4. The van der Waals surface area contributed by atoms with Crippen LogP contribution in [0.25, 0.3) is 0 Å². The van der Waals surface area contributed by atoms with Gasteiger partial charge >= 0.3 is 0 Å². The van der Waals surface area contributed by atoms with Crippen LogP contribution in [0, 0.1) is 17.6 Å². The monoisotopic (exact) mass is 310 g/mol. The van der Waals surface area contributed by atoms with E-state index in [9.17, 15) is 18.4 Å². The fraction of sp³-hybridized carbons (Fsp3) is 0.500. The van der Waals surface area contributed by atoms with Crippen LogP contribution in [-0.4, -0.2) is 35.7 Å². The molecule has 0 aromatic heterocycles. The maximum absolute atomic E-state index is 13.7. The van der Waals surface area contributed by atoms with E-state index in [1.165, 1.54) is 0 Å². The molecule has 0 saturated carbocycles. The molecule has 0 unspecified atom stereocenters. The molecule has 120 valence electrons. The summed E-state index contributed by atoms with van der Waals surface area (Å²) >= 11 is 0. The quantitative estimate of drug-likeness (QED) is 0.867. The van der Waals surface area contributed by atoms with Crippen molar-refractivity contribution >= 4 is 11.7 Å². The van der Waals surface area contributed by atoms with Crippen LogP contribution in [0.3, 0.4) is 0 Å². The number of halogens is 2. The lowest BCUT2D eigenvalue weighted by atomic mass is 9.88. The third-order valence-electron chi connectivity index (χ3n) is 4.13. The smallest absolute Gasteiger partial charge is 0.239 e. The zero-order valence-electron chi connectivity index (χ0n) is 12.5. The molecular weight excluding hydrogens is 290 g/mol. The lowest BCUT2D eigenvalue weighted by Gasteiger charge is -2.32. The van der Waals surface area contributed by atoms with Gasteiger partial charge in [-0.25, -0.2) is 8.78 Å². The number of piperidine rings is 1. The Balaban J connectivity index is 2.01. The number of ketones is 1.